The third-order valence-electron chi connectivity index (χ3n) is 2.79. The van der Waals surface area contributed by atoms with Crippen molar-refractivity contribution in [2.75, 3.05) is 0 Å². The number of aliphatic hydroxyl groups excluding tert-OH is 1. The van der Waals surface area contributed by atoms with E-state index in [0.29, 0.717) is 0 Å². The highest BCUT2D eigenvalue weighted by Gasteiger charge is 2.16. The number of aryl methyl sites for hydroxylation is 1. The third kappa shape index (κ3) is 1.94. The lowest BCUT2D eigenvalue weighted by atomic mass is 9.99. The van der Waals surface area contributed by atoms with E-state index in [1.54, 1.807) is 0 Å². The van der Waals surface area contributed by atoms with Gasteiger partial charge < -0.3 is 5.11 Å². The Morgan fingerprint density at radius 3 is 2.93 bits per heavy atom. The summed E-state index contributed by atoms with van der Waals surface area (Å²) in [5.74, 6) is 0. The Bertz CT molecular complexity index is 344. The van der Waals surface area contributed by atoms with Crippen molar-refractivity contribution in [2.45, 2.75) is 38.7 Å². The minimum atomic E-state index is -0.279. The molecule has 1 nitrogen and oxygen atoms in total. The maximum Gasteiger partial charge on any atom is 0.0552 e. The topological polar surface area (TPSA) is 20.2 Å². The standard InChI is InChI=1S/C12H15ClO/c1-8(14)5-10-7-11(13)6-9-3-2-4-12(9)10/h6-8,14H,2-5H2,1H3. The molecule has 0 fully saturated rings. The van der Waals surface area contributed by atoms with Crippen LogP contribution in [0.4, 0.5) is 0 Å². The van der Waals surface area contributed by atoms with E-state index in [1.165, 1.54) is 23.1 Å². The van der Waals surface area contributed by atoms with Gasteiger partial charge in [0.15, 0.2) is 0 Å². The van der Waals surface area contributed by atoms with Crippen LogP contribution in [0.25, 0.3) is 0 Å². The van der Waals surface area contributed by atoms with E-state index >= 15 is 0 Å². The van der Waals surface area contributed by atoms with Gasteiger partial charge in [0.1, 0.15) is 0 Å². The van der Waals surface area contributed by atoms with Crippen LogP contribution in [0.3, 0.4) is 0 Å². The quantitative estimate of drug-likeness (QED) is 0.796. The highest BCUT2D eigenvalue weighted by Crippen LogP contribution is 2.29. The van der Waals surface area contributed by atoms with Crippen LogP contribution < -0.4 is 0 Å². The van der Waals surface area contributed by atoms with E-state index in [0.717, 1.165) is 24.3 Å². The van der Waals surface area contributed by atoms with Crippen LogP contribution in [0, 0.1) is 0 Å². The summed E-state index contributed by atoms with van der Waals surface area (Å²) < 4.78 is 0. The zero-order valence-corrected chi connectivity index (χ0v) is 9.14. The molecule has 76 valence electrons. The van der Waals surface area contributed by atoms with Gasteiger partial charge in [0.05, 0.1) is 6.10 Å². The Balaban J connectivity index is 2.38. The van der Waals surface area contributed by atoms with Crippen molar-refractivity contribution in [2.24, 2.45) is 0 Å². The van der Waals surface area contributed by atoms with E-state index in [1.807, 2.05) is 13.0 Å². The fourth-order valence-corrected chi connectivity index (χ4v) is 2.52. The number of hydrogen-bond donors (Lipinski definition) is 1. The summed E-state index contributed by atoms with van der Waals surface area (Å²) in [5.41, 5.74) is 4.04. The van der Waals surface area contributed by atoms with Crippen LogP contribution in [-0.4, -0.2) is 11.2 Å². The van der Waals surface area contributed by atoms with Gasteiger partial charge in [0, 0.05) is 5.02 Å². The monoisotopic (exact) mass is 210 g/mol. The molecule has 0 radical (unpaired) electrons. The van der Waals surface area contributed by atoms with Gasteiger partial charge in [0.25, 0.3) is 0 Å². The van der Waals surface area contributed by atoms with Gasteiger partial charge in [0.2, 0.25) is 0 Å². The predicted molar refractivity (Wildman–Crippen MR) is 58.9 cm³/mol. The highest BCUT2D eigenvalue weighted by molar-refractivity contribution is 6.30. The minimum Gasteiger partial charge on any atom is -0.393 e. The molecular formula is C12H15ClO. The molecule has 14 heavy (non-hydrogen) atoms. The van der Waals surface area contributed by atoms with Crippen LogP contribution in [0.2, 0.25) is 5.02 Å². The van der Waals surface area contributed by atoms with E-state index in [2.05, 4.69) is 6.07 Å². The SMILES string of the molecule is CC(O)Cc1cc(Cl)cc2c1CCC2. The molecule has 0 amide bonds. The summed E-state index contributed by atoms with van der Waals surface area (Å²) in [6.07, 6.45) is 3.96. The third-order valence-corrected chi connectivity index (χ3v) is 3.01. The van der Waals surface area contributed by atoms with Crippen molar-refractivity contribution in [1.29, 1.82) is 0 Å². The molecule has 0 aromatic heterocycles. The first-order valence-electron chi connectivity index (χ1n) is 5.15. The molecule has 1 aliphatic rings. The van der Waals surface area contributed by atoms with Gasteiger partial charge in [-0.15, -0.1) is 0 Å². The van der Waals surface area contributed by atoms with Gasteiger partial charge in [-0.05, 0) is 61.4 Å². The van der Waals surface area contributed by atoms with Crippen molar-refractivity contribution in [3.05, 3.63) is 33.8 Å². The second-order valence-corrected chi connectivity index (χ2v) is 4.55. The minimum absolute atomic E-state index is 0.279. The van der Waals surface area contributed by atoms with Gasteiger partial charge in [-0.1, -0.05) is 11.6 Å². The Labute approximate surface area is 89.7 Å². The number of rotatable bonds is 2. The van der Waals surface area contributed by atoms with Crippen molar-refractivity contribution >= 4 is 11.6 Å². The number of benzene rings is 1. The fraction of sp³-hybridized carbons (Fsp3) is 0.500. The van der Waals surface area contributed by atoms with E-state index in [4.69, 9.17) is 11.6 Å². The molecule has 0 saturated heterocycles. The molecule has 1 unspecified atom stereocenters. The summed E-state index contributed by atoms with van der Waals surface area (Å²) >= 11 is 6.03. The van der Waals surface area contributed by atoms with Crippen LogP contribution >= 0.6 is 11.6 Å². The van der Waals surface area contributed by atoms with Crippen molar-refractivity contribution in [3.8, 4) is 0 Å². The Morgan fingerprint density at radius 1 is 1.43 bits per heavy atom. The second kappa shape index (κ2) is 3.92. The molecule has 1 N–H and O–H groups in total. The maximum absolute atomic E-state index is 9.38. The normalized spacial score (nSPS) is 16.8. The van der Waals surface area contributed by atoms with Crippen molar-refractivity contribution in [1.82, 2.24) is 0 Å². The number of hydrogen-bond acceptors (Lipinski definition) is 1. The van der Waals surface area contributed by atoms with Gasteiger partial charge in [-0.2, -0.15) is 0 Å². The van der Waals surface area contributed by atoms with Crippen LogP contribution in [0.5, 0.6) is 0 Å². The van der Waals surface area contributed by atoms with Gasteiger partial charge >= 0.3 is 0 Å². The molecule has 0 aliphatic heterocycles. The summed E-state index contributed by atoms with van der Waals surface area (Å²) in [7, 11) is 0. The first kappa shape index (κ1) is 10.0. The molecule has 1 aromatic carbocycles. The zero-order valence-electron chi connectivity index (χ0n) is 8.39. The molecular weight excluding hydrogens is 196 g/mol. The summed E-state index contributed by atoms with van der Waals surface area (Å²) in [6.45, 7) is 1.82. The highest BCUT2D eigenvalue weighted by atomic mass is 35.5. The van der Waals surface area contributed by atoms with Gasteiger partial charge in [-0.25, -0.2) is 0 Å². The Morgan fingerprint density at radius 2 is 2.21 bits per heavy atom. The first-order chi connectivity index (χ1) is 6.66. The van der Waals surface area contributed by atoms with Crippen LogP contribution in [0.1, 0.15) is 30.0 Å². The zero-order chi connectivity index (χ0) is 10.1. The molecule has 1 aromatic rings. The lowest BCUT2D eigenvalue weighted by Gasteiger charge is -2.11. The molecule has 1 atom stereocenters. The number of aliphatic hydroxyl groups is 1. The molecule has 0 heterocycles. The Hall–Kier alpha value is -0.530. The first-order valence-corrected chi connectivity index (χ1v) is 5.53. The molecule has 2 rings (SSSR count). The lowest BCUT2D eigenvalue weighted by Crippen LogP contribution is -2.06. The smallest absolute Gasteiger partial charge is 0.0552 e. The van der Waals surface area contributed by atoms with Crippen LogP contribution in [-0.2, 0) is 19.3 Å². The maximum atomic E-state index is 9.38. The second-order valence-electron chi connectivity index (χ2n) is 4.11. The van der Waals surface area contributed by atoms with E-state index < -0.39 is 0 Å². The summed E-state index contributed by atoms with van der Waals surface area (Å²) in [6, 6.07) is 4.06. The van der Waals surface area contributed by atoms with Crippen molar-refractivity contribution in [3.63, 3.8) is 0 Å². The summed E-state index contributed by atoms with van der Waals surface area (Å²) in [4.78, 5) is 0. The predicted octanol–water partition coefficient (Wildman–Crippen LogP) is 2.75. The molecule has 0 spiro atoms. The average molecular weight is 211 g/mol. The largest absolute Gasteiger partial charge is 0.393 e. The van der Waals surface area contributed by atoms with E-state index in [9.17, 15) is 5.11 Å². The molecule has 0 saturated carbocycles. The van der Waals surface area contributed by atoms with E-state index in [-0.39, 0.29) is 6.10 Å². The van der Waals surface area contributed by atoms with Crippen molar-refractivity contribution < 1.29 is 5.11 Å². The Kier molecular flexibility index (Phi) is 2.80. The van der Waals surface area contributed by atoms with Gasteiger partial charge in [-0.3, -0.25) is 0 Å². The lowest BCUT2D eigenvalue weighted by molar-refractivity contribution is 0.195. The molecule has 0 bridgehead atoms. The molecule has 2 heteroatoms. The molecule has 1 aliphatic carbocycles. The fourth-order valence-electron chi connectivity index (χ4n) is 2.26. The average Bonchev–Trinajstić information content (AvgIpc) is 2.50. The van der Waals surface area contributed by atoms with Crippen LogP contribution in [0.15, 0.2) is 12.1 Å². The number of halogens is 1. The summed E-state index contributed by atoms with van der Waals surface area (Å²) in [5, 5.41) is 10.2. The number of fused-ring (bicyclic) bond motifs is 1.